The van der Waals surface area contributed by atoms with Crippen molar-refractivity contribution < 1.29 is 19.1 Å². The van der Waals surface area contributed by atoms with E-state index in [9.17, 15) is 9.59 Å². The Morgan fingerprint density at radius 1 is 1.27 bits per heavy atom. The summed E-state index contributed by atoms with van der Waals surface area (Å²) >= 11 is 0. The molecule has 1 atom stereocenters. The molecule has 1 aromatic rings. The van der Waals surface area contributed by atoms with Crippen molar-refractivity contribution in [2.24, 2.45) is 5.73 Å². The van der Waals surface area contributed by atoms with Gasteiger partial charge in [0.05, 0.1) is 19.8 Å². The molecule has 6 nitrogen and oxygen atoms in total. The lowest BCUT2D eigenvalue weighted by molar-refractivity contribution is -0.140. The second-order valence-corrected chi connectivity index (χ2v) is 4.68. The van der Waals surface area contributed by atoms with E-state index in [0.29, 0.717) is 26.0 Å². The molecule has 0 radical (unpaired) electrons. The van der Waals surface area contributed by atoms with E-state index in [1.165, 1.54) is 7.11 Å². The summed E-state index contributed by atoms with van der Waals surface area (Å²) < 4.78 is 10.0. The van der Waals surface area contributed by atoms with Crippen molar-refractivity contribution >= 4 is 24.3 Å². The van der Waals surface area contributed by atoms with Crippen LogP contribution < -0.4 is 15.8 Å². The Balaban J connectivity index is 0.00000441. The molecule has 0 aromatic heterocycles. The SMILES string of the molecule is COC(=O)CCCOc1ccc(CNC(=O)[C@H](C)N)cc1.Cl. The molecule has 0 bridgehead atoms. The molecule has 0 spiro atoms. The fraction of sp³-hybridized carbons (Fsp3) is 0.467. The summed E-state index contributed by atoms with van der Waals surface area (Å²) in [6.07, 6.45) is 0.955. The number of ether oxygens (including phenoxy) is 2. The van der Waals surface area contributed by atoms with Crippen LogP contribution in [0.5, 0.6) is 5.75 Å². The average Bonchev–Trinajstić information content (AvgIpc) is 2.49. The van der Waals surface area contributed by atoms with E-state index >= 15 is 0 Å². The van der Waals surface area contributed by atoms with Crippen LogP contribution in [-0.2, 0) is 20.9 Å². The molecule has 22 heavy (non-hydrogen) atoms. The molecule has 1 amide bonds. The lowest BCUT2D eigenvalue weighted by Gasteiger charge is -2.09. The Morgan fingerprint density at radius 2 is 1.91 bits per heavy atom. The zero-order valence-electron chi connectivity index (χ0n) is 12.8. The van der Waals surface area contributed by atoms with Crippen LogP contribution in [0.3, 0.4) is 0 Å². The predicted molar refractivity (Wildman–Crippen MR) is 85.9 cm³/mol. The van der Waals surface area contributed by atoms with Gasteiger partial charge in [-0.25, -0.2) is 0 Å². The largest absolute Gasteiger partial charge is 0.494 e. The fourth-order valence-corrected chi connectivity index (χ4v) is 1.56. The Hall–Kier alpha value is -1.79. The van der Waals surface area contributed by atoms with Gasteiger partial charge in [0.2, 0.25) is 5.91 Å². The van der Waals surface area contributed by atoms with Gasteiger partial charge in [0.15, 0.2) is 0 Å². The van der Waals surface area contributed by atoms with Gasteiger partial charge in [0, 0.05) is 13.0 Å². The summed E-state index contributed by atoms with van der Waals surface area (Å²) in [5.74, 6) is 0.305. The number of halogens is 1. The Labute approximate surface area is 136 Å². The maximum atomic E-state index is 11.3. The molecule has 1 aromatic carbocycles. The lowest BCUT2D eigenvalue weighted by atomic mass is 10.2. The maximum Gasteiger partial charge on any atom is 0.305 e. The molecule has 1 rings (SSSR count). The molecular weight excluding hydrogens is 308 g/mol. The standard InChI is InChI=1S/C15H22N2O4.ClH/c1-11(16)15(19)17-10-12-5-7-13(8-6-12)21-9-3-4-14(18)20-2;/h5-8,11H,3-4,9-10,16H2,1-2H3,(H,17,19);1H/t11-;/m0./s1. The number of hydrogen-bond donors (Lipinski definition) is 2. The van der Waals surface area contributed by atoms with E-state index in [1.54, 1.807) is 6.92 Å². The first kappa shape index (κ1) is 20.2. The van der Waals surface area contributed by atoms with Crippen LogP contribution in [0.25, 0.3) is 0 Å². The summed E-state index contributed by atoms with van der Waals surface area (Å²) in [6.45, 7) is 2.53. The second-order valence-electron chi connectivity index (χ2n) is 4.68. The summed E-state index contributed by atoms with van der Waals surface area (Å²) in [5.41, 5.74) is 6.42. The van der Waals surface area contributed by atoms with Crippen molar-refractivity contribution in [3.05, 3.63) is 29.8 Å². The van der Waals surface area contributed by atoms with Gasteiger partial charge in [-0.15, -0.1) is 12.4 Å². The van der Waals surface area contributed by atoms with Crippen LogP contribution in [0.1, 0.15) is 25.3 Å². The molecule has 0 heterocycles. The third-order valence-electron chi connectivity index (χ3n) is 2.83. The van der Waals surface area contributed by atoms with E-state index in [1.807, 2.05) is 24.3 Å². The lowest BCUT2D eigenvalue weighted by Crippen LogP contribution is -2.37. The number of nitrogens with two attached hydrogens (primary N) is 1. The minimum absolute atomic E-state index is 0. The van der Waals surface area contributed by atoms with Gasteiger partial charge >= 0.3 is 5.97 Å². The zero-order chi connectivity index (χ0) is 15.7. The maximum absolute atomic E-state index is 11.3. The normalized spacial score (nSPS) is 11.0. The predicted octanol–water partition coefficient (Wildman–Crippen LogP) is 1.40. The van der Waals surface area contributed by atoms with E-state index in [0.717, 1.165) is 11.3 Å². The molecule has 0 aliphatic heterocycles. The number of nitrogens with one attached hydrogen (secondary N) is 1. The van der Waals surface area contributed by atoms with Crippen molar-refractivity contribution in [1.82, 2.24) is 5.32 Å². The summed E-state index contributed by atoms with van der Waals surface area (Å²) in [7, 11) is 1.37. The van der Waals surface area contributed by atoms with E-state index in [-0.39, 0.29) is 24.3 Å². The topological polar surface area (TPSA) is 90.6 Å². The molecule has 0 saturated heterocycles. The molecule has 7 heteroatoms. The van der Waals surface area contributed by atoms with Crippen molar-refractivity contribution in [1.29, 1.82) is 0 Å². The molecule has 0 saturated carbocycles. The number of esters is 1. The molecule has 3 N–H and O–H groups in total. The van der Waals surface area contributed by atoms with Gasteiger partial charge in [0.25, 0.3) is 0 Å². The number of hydrogen-bond acceptors (Lipinski definition) is 5. The first-order valence-corrected chi connectivity index (χ1v) is 6.84. The van der Waals surface area contributed by atoms with Gasteiger partial charge in [0.1, 0.15) is 5.75 Å². The number of methoxy groups -OCH3 is 1. The summed E-state index contributed by atoms with van der Waals surface area (Å²) in [5, 5.41) is 2.73. The number of rotatable bonds is 8. The van der Waals surface area contributed by atoms with Gasteiger partial charge in [-0.05, 0) is 31.0 Å². The Kier molecular flexibility index (Phi) is 9.98. The highest BCUT2D eigenvalue weighted by Gasteiger charge is 2.06. The third-order valence-corrected chi connectivity index (χ3v) is 2.83. The summed E-state index contributed by atoms with van der Waals surface area (Å²) in [4.78, 5) is 22.3. The van der Waals surface area contributed by atoms with Gasteiger partial charge in [-0.1, -0.05) is 12.1 Å². The van der Waals surface area contributed by atoms with Crippen molar-refractivity contribution in [2.45, 2.75) is 32.4 Å². The molecule has 0 aliphatic carbocycles. The first-order valence-electron chi connectivity index (χ1n) is 6.84. The highest BCUT2D eigenvalue weighted by molar-refractivity contribution is 5.85. The van der Waals surface area contributed by atoms with Crippen molar-refractivity contribution in [3.63, 3.8) is 0 Å². The molecule has 0 aliphatic rings. The third kappa shape index (κ3) is 7.85. The minimum Gasteiger partial charge on any atom is -0.494 e. The quantitative estimate of drug-likeness (QED) is 0.555. The van der Waals surface area contributed by atoms with Crippen LogP contribution in [0.15, 0.2) is 24.3 Å². The number of carbonyl (C=O) groups is 2. The van der Waals surface area contributed by atoms with Gasteiger partial charge in [-0.2, -0.15) is 0 Å². The smallest absolute Gasteiger partial charge is 0.305 e. The molecule has 0 unspecified atom stereocenters. The average molecular weight is 331 g/mol. The molecular formula is C15H23ClN2O4. The molecule has 124 valence electrons. The van der Waals surface area contributed by atoms with Gasteiger partial charge in [-0.3, -0.25) is 9.59 Å². The van der Waals surface area contributed by atoms with Crippen LogP contribution in [0.4, 0.5) is 0 Å². The second kappa shape index (κ2) is 10.9. The van der Waals surface area contributed by atoms with E-state index in [2.05, 4.69) is 10.1 Å². The highest BCUT2D eigenvalue weighted by Crippen LogP contribution is 2.12. The van der Waals surface area contributed by atoms with Crippen LogP contribution in [0, 0.1) is 0 Å². The Bertz CT molecular complexity index is 463. The van der Waals surface area contributed by atoms with Crippen LogP contribution in [0.2, 0.25) is 0 Å². The number of amides is 1. The van der Waals surface area contributed by atoms with Crippen LogP contribution >= 0.6 is 12.4 Å². The van der Waals surface area contributed by atoms with Crippen molar-refractivity contribution in [2.75, 3.05) is 13.7 Å². The zero-order valence-corrected chi connectivity index (χ0v) is 13.7. The van der Waals surface area contributed by atoms with E-state index < -0.39 is 6.04 Å². The monoisotopic (exact) mass is 330 g/mol. The van der Waals surface area contributed by atoms with Crippen LogP contribution in [-0.4, -0.2) is 31.6 Å². The Morgan fingerprint density at radius 3 is 2.45 bits per heavy atom. The van der Waals surface area contributed by atoms with Gasteiger partial charge < -0.3 is 20.5 Å². The highest BCUT2D eigenvalue weighted by atomic mass is 35.5. The first-order chi connectivity index (χ1) is 10.0. The summed E-state index contributed by atoms with van der Waals surface area (Å²) in [6, 6.07) is 6.88. The molecule has 0 fully saturated rings. The minimum atomic E-state index is -0.512. The van der Waals surface area contributed by atoms with E-state index in [4.69, 9.17) is 10.5 Å². The number of benzene rings is 1. The number of carbonyl (C=O) groups excluding carboxylic acids is 2. The fourth-order valence-electron chi connectivity index (χ4n) is 1.56. The van der Waals surface area contributed by atoms with Crippen molar-refractivity contribution in [3.8, 4) is 5.75 Å².